The molecule has 0 bridgehead atoms. The molecule has 0 radical (unpaired) electrons. The molecule has 0 saturated carbocycles. The van der Waals surface area contributed by atoms with Crippen LogP contribution in [0.5, 0.6) is 11.5 Å². The standard InChI is InChI=1S/C19H24N2O4/c1-11(10-23-4)24-16-8-14(7-15(22)9-16)17-5-6-18(21-17)19-20-12(2)13(3)25-19/h5-9,11-13,21-22H,10H2,1-4H3/t11-,12+,13-/m0/s1. The molecule has 0 fully saturated rings. The van der Waals surface area contributed by atoms with Crippen molar-refractivity contribution in [1.82, 2.24) is 4.98 Å². The van der Waals surface area contributed by atoms with Crippen molar-refractivity contribution in [2.75, 3.05) is 13.7 Å². The second kappa shape index (κ2) is 7.19. The van der Waals surface area contributed by atoms with Gasteiger partial charge in [-0.1, -0.05) is 0 Å². The van der Waals surface area contributed by atoms with Crippen LogP contribution in [0.15, 0.2) is 35.3 Å². The lowest BCUT2D eigenvalue weighted by molar-refractivity contribution is 0.0919. The number of hydrogen-bond acceptors (Lipinski definition) is 5. The summed E-state index contributed by atoms with van der Waals surface area (Å²) >= 11 is 0. The molecular weight excluding hydrogens is 320 g/mol. The first-order chi connectivity index (χ1) is 12.0. The van der Waals surface area contributed by atoms with E-state index in [0.717, 1.165) is 17.0 Å². The van der Waals surface area contributed by atoms with Gasteiger partial charge in [0.15, 0.2) is 0 Å². The van der Waals surface area contributed by atoms with Crippen LogP contribution in [0.2, 0.25) is 0 Å². The molecule has 6 nitrogen and oxygen atoms in total. The first-order valence-corrected chi connectivity index (χ1v) is 8.40. The highest BCUT2D eigenvalue weighted by Gasteiger charge is 2.25. The van der Waals surface area contributed by atoms with Crippen LogP contribution in [-0.2, 0) is 9.47 Å². The lowest BCUT2D eigenvalue weighted by atomic mass is 10.1. The van der Waals surface area contributed by atoms with Crippen molar-refractivity contribution in [3.05, 3.63) is 36.0 Å². The van der Waals surface area contributed by atoms with Crippen LogP contribution in [0, 0.1) is 0 Å². The second-order valence-corrected chi connectivity index (χ2v) is 6.38. The van der Waals surface area contributed by atoms with E-state index in [1.165, 1.54) is 0 Å². The fraction of sp³-hybridized carbons (Fsp3) is 0.421. The first kappa shape index (κ1) is 17.4. The van der Waals surface area contributed by atoms with Gasteiger partial charge in [-0.2, -0.15) is 0 Å². The normalized spacial score (nSPS) is 20.9. The number of aromatic amines is 1. The number of methoxy groups -OCH3 is 1. The van der Waals surface area contributed by atoms with Gasteiger partial charge < -0.3 is 24.3 Å². The summed E-state index contributed by atoms with van der Waals surface area (Å²) in [5.74, 6) is 1.36. The largest absolute Gasteiger partial charge is 0.508 e. The molecule has 2 aromatic rings. The number of hydrogen-bond donors (Lipinski definition) is 2. The van der Waals surface area contributed by atoms with Crippen molar-refractivity contribution < 1.29 is 19.3 Å². The van der Waals surface area contributed by atoms with Crippen LogP contribution in [0.1, 0.15) is 26.5 Å². The average Bonchev–Trinajstić information content (AvgIpc) is 3.14. The maximum atomic E-state index is 10.0. The molecule has 134 valence electrons. The molecule has 2 N–H and O–H groups in total. The molecule has 1 aromatic carbocycles. The zero-order valence-corrected chi connectivity index (χ0v) is 14.9. The van der Waals surface area contributed by atoms with Gasteiger partial charge in [-0.15, -0.1) is 0 Å². The molecule has 6 heteroatoms. The van der Waals surface area contributed by atoms with Gasteiger partial charge in [-0.25, -0.2) is 4.99 Å². The minimum Gasteiger partial charge on any atom is -0.508 e. The van der Waals surface area contributed by atoms with Crippen LogP contribution in [0.3, 0.4) is 0 Å². The molecular formula is C19H24N2O4. The number of phenols is 1. The zero-order valence-electron chi connectivity index (χ0n) is 14.9. The molecule has 0 amide bonds. The van der Waals surface area contributed by atoms with E-state index in [-0.39, 0.29) is 24.0 Å². The summed E-state index contributed by atoms with van der Waals surface area (Å²) in [6.07, 6.45) is -0.0344. The number of nitrogens with one attached hydrogen (secondary N) is 1. The molecule has 1 aliphatic rings. The Labute approximate surface area is 147 Å². The molecule has 2 heterocycles. The number of rotatable bonds is 6. The fourth-order valence-electron chi connectivity index (χ4n) is 2.72. The third kappa shape index (κ3) is 3.96. The van der Waals surface area contributed by atoms with E-state index in [2.05, 4.69) is 9.98 Å². The van der Waals surface area contributed by atoms with E-state index in [0.29, 0.717) is 18.3 Å². The highest BCUT2D eigenvalue weighted by Crippen LogP contribution is 2.30. The molecule has 0 unspecified atom stereocenters. The Bertz CT molecular complexity index is 769. The summed E-state index contributed by atoms with van der Waals surface area (Å²) < 4.78 is 16.6. The van der Waals surface area contributed by atoms with Gasteiger partial charge in [-0.05, 0) is 45.0 Å². The number of H-pyrrole nitrogens is 1. The van der Waals surface area contributed by atoms with Gasteiger partial charge in [-0.3, -0.25) is 0 Å². The third-order valence-electron chi connectivity index (χ3n) is 4.16. The number of nitrogens with zero attached hydrogens (tertiary/aromatic N) is 1. The Balaban J connectivity index is 1.83. The van der Waals surface area contributed by atoms with E-state index >= 15 is 0 Å². The van der Waals surface area contributed by atoms with Gasteiger partial charge in [0, 0.05) is 24.4 Å². The van der Waals surface area contributed by atoms with Gasteiger partial charge in [0.25, 0.3) is 0 Å². The van der Waals surface area contributed by atoms with Crippen LogP contribution in [0.4, 0.5) is 0 Å². The van der Waals surface area contributed by atoms with Crippen molar-refractivity contribution in [3.8, 4) is 22.8 Å². The molecule has 1 aromatic heterocycles. The van der Waals surface area contributed by atoms with Crippen molar-refractivity contribution in [2.24, 2.45) is 4.99 Å². The van der Waals surface area contributed by atoms with Gasteiger partial charge in [0.05, 0.1) is 12.6 Å². The van der Waals surface area contributed by atoms with E-state index < -0.39 is 0 Å². The quantitative estimate of drug-likeness (QED) is 0.842. The zero-order chi connectivity index (χ0) is 18.0. The van der Waals surface area contributed by atoms with Gasteiger partial charge >= 0.3 is 0 Å². The van der Waals surface area contributed by atoms with Crippen molar-refractivity contribution in [1.29, 1.82) is 0 Å². The fourth-order valence-corrected chi connectivity index (χ4v) is 2.72. The summed E-state index contributed by atoms with van der Waals surface area (Å²) in [7, 11) is 1.63. The number of phenolic OH excluding ortho intramolecular Hbond substituents is 1. The minimum atomic E-state index is -0.108. The highest BCUT2D eigenvalue weighted by molar-refractivity contribution is 5.94. The van der Waals surface area contributed by atoms with Crippen LogP contribution >= 0.6 is 0 Å². The Hall–Kier alpha value is -2.47. The lowest BCUT2D eigenvalue weighted by Crippen LogP contribution is -2.17. The predicted molar refractivity (Wildman–Crippen MR) is 96.4 cm³/mol. The van der Waals surface area contributed by atoms with Crippen molar-refractivity contribution in [2.45, 2.75) is 39.0 Å². The van der Waals surface area contributed by atoms with Gasteiger partial charge in [0.2, 0.25) is 5.90 Å². The summed E-state index contributed by atoms with van der Waals surface area (Å²) in [5, 5.41) is 10.0. The van der Waals surface area contributed by atoms with Crippen LogP contribution in [-0.4, -0.2) is 48.0 Å². The van der Waals surface area contributed by atoms with Gasteiger partial charge in [0.1, 0.15) is 29.4 Å². The lowest BCUT2D eigenvalue weighted by Gasteiger charge is -2.14. The molecule has 25 heavy (non-hydrogen) atoms. The molecule has 3 rings (SSSR count). The summed E-state index contributed by atoms with van der Waals surface area (Å²) in [6, 6.07) is 9.16. The Morgan fingerprint density at radius 1 is 1.24 bits per heavy atom. The highest BCUT2D eigenvalue weighted by atomic mass is 16.5. The van der Waals surface area contributed by atoms with E-state index in [1.54, 1.807) is 19.2 Å². The van der Waals surface area contributed by atoms with E-state index in [1.807, 2.05) is 39.0 Å². The third-order valence-corrected chi connectivity index (χ3v) is 4.16. The summed E-state index contributed by atoms with van der Waals surface area (Å²) in [6.45, 7) is 6.43. The smallest absolute Gasteiger partial charge is 0.233 e. The molecule has 3 atom stereocenters. The number of benzene rings is 1. The number of aromatic hydroxyl groups is 1. The monoisotopic (exact) mass is 344 g/mol. The summed E-state index contributed by atoms with van der Waals surface area (Å²) in [4.78, 5) is 7.82. The Morgan fingerprint density at radius 3 is 2.68 bits per heavy atom. The molecule has 0 spiro atoms. The Morgan fingerprint density at radius 2 is 2.00 bits per heavy atom. The number of ether oxygens (including phenoxy) is 3. The van der Waals surface area contributed by atoms with Crippen molar-refractivity contribution >= 4 is 5.90 Å². The number of aromatic nitrogens is 1. The predicted octanol–water partition coefficient (Wildman–Crippen LogP) is 3.35. The Kier molecular flexibility index (Phi) is 4.99. The SMILES string of the molecule is COC[C@H](C)Oc1cc(O)cc(-c2ccc(C3=N[C@H](C)[C@H](C)O3)[nH]2)c1. The molecule has 0 aliphatic carbocycles. The van der Waals surface area contributed by atoms with Crippen LogP contribution in [0.25, 0.3) is 11.3 Å². The average molecular weight is 344 g/mol. The molecule has 0 saturated heterocycles. The minimum absolute atomic E-state index is 0.0739. The second-order valence-electron chi connectivity index (χ2n) is 6.38. The number of aliphatic imine (C=N–C) groups is 1. The first-order valence-electron chi connectivity index (χ1n) is 8.40. The van der Waals surface area contributed by atoms with E-state index in [4.69, 9.17) is 14.2 Å². The summed E-state index contributed by atoms with van der Waals surface area (Å²) in [5.41, 5.74) is 2.50. The topological polar surface area (TPSA) is 76.1 Å². The molecule has 1 aliphatic heterocycles. The van der Waals surface area contributed by atoms with Crippen molar-refractivity contribution in [3.63, 3.8) is 0 Å². The van der Waals surface area contributed by atoms with E-state index in [9.17, 15) is 5.11 Å². The maximum Gasteiger partial charge on any atom is 0.233 e. The van der Waals surface area contributed by atoms with Crippen LogP contribution < -0.4 is 4.74 Å². The maximum absolute atomic E-state index is 10.0.